The number of benzene rings is 1. The van der Waals surface area contributed by atoms with Crippen molar-refractivity contribution in [2.75, 3.05) is 13.7 Å². The summed E-state index contributed by atoms with van der Waals surface area (Å²) in [6.45, 7) is 0.00530. The van der Waals surface area contributed by atoms with Gasteiger partial charge in [-0.05, 0) is 12.1 Å². The predicted octanol–water partition coefficient (Wildman–Crippen LogP) is 2.79. The SMILES string of the molecule is C#CCOc1c(Cl)cc(Cl)cc1C(=O)OC. The molecule has 0 aromatic heterocycles. The van der Waals surface area contributed by atoms with Gasteiger partial charge in [0.1, 0.15) is 12.2 Å². The Labute approximate surface area is 103 Å². The van der Waals surface area contributed by atoms with E-state index < -0.39 is 5.97 Å². The van der Waals surface area contributed by atoms with E-state index in [0.29, 0.717) is 5.02 Å². The fourth-order valence-electron chi connectivity index (χ4n) is 1.08. The number of hydrogen-bond acceptors (Lipinski definition) is 3. The molecule has 0 atom stereocenters. The standard InChI is InChI=1S/C11H8Cl2O3/c1-3-4-16-10-8(11(14)15-2)5-7(12)6-9(10)13/h1,5-6H,4H2,2H3. The van der Waals surface area contributed by atoms with E-state index in [9.17, 15) is 4.79 Å². The zero-order valence-corrected chi connectivity index (χ0v) is 9.93. The molecule has 0 amide bonds. The van der Waals surface area contributed by atoms with Crippen molar-refractivity contribution in [3.05, 3.63) is 27.7 Å². The largest absolute Gasteiger partial charge is 0.478 e. The average Bonchev–Trinajstić information content (AvgIpc) is 2.26. The average molecular weight is 259 g/mol. The zero-order chi connectivity index (χ0) is 12.1. The predicted molar refractivity (Wildman–Crippen MR) is 62.1 cm³/mol. The van der Waals surface area contributed by atoms with Crippen LogP contribution in [-0.2, 0) is 4.74 Å². The van der Waals surface area contributed by atoms with Crippen LogP contribution in [0.25, 0.3) is 0 Å². The number of hydrogen-bond donors (Lipinski definition) is 0. The van der Waals surface area contributed by atoms with Crippen LogP contribution in [0.3, 0.4) is 0 Å². The van der Waals surface area contributed by atoms with Gasteiger partial charge in [-0.2, -0.15) is 0 Å². The summed E-state index contributed by atoms with van der Waals surface area (Å²) < 4.78 is 9.75. The van der Waals surface area contributed by atoms with E-state index in [1.54, 1.807) is 0 Å². The second-order valence-electron chi connectivity index (χ2n) is 2.75. The van der Waals surface area contributed by atoms with Crippen LogP contribution in [0.4, 0.5) is 0 Å². The van der Waals surface area contributed by atoms with Crippen molar-refractivity contribution < 1.29 is 14.3 Å². The van der Waals surface area contributed by atoms with Gasteiger partial charge in [-0.1, -0.05) is 29.1 Å². The highest BCUT2D eigenvalue weighted by Crippen LogP contribution is 2.32. The Morgan fingerprint density at radius 2 is 2.19 bits per heavy atom. The lowest BCUT2D eigenvalue weighted by atomic mass is 10.2. The van der Waals surface area contributed by atoms with Crippen LogP contribution in [0.15, 0.2) is 12.1 Å². The first kappa shape index (κ1) is 12.7. The van der Waals surface area contributed by atoms with Gasteiger partial charge in [0.25, 0.3) is 0 Å². The molecule has 1 aromatic carbocycles. The third-order valence-electron chi connectivity index (χ3n) is 1.71. The van der Waals surface area contributed by atoms with Crippen LogP contribution in [0, 0.1) is 12.3 Å². The van der Waals surface area contributed by atoms with Crippen molar-refractivity contribution in [1.82, 2.24) is 0 Å². The maximum Gasteiger partial charge on any atom is 0.341 e. The van der Waals surface area contributed by atoms with Gasteiger partial charge >= 0.3 is 5.97 Å². The molecule has 1 rings (SSSR count). The molecule has 0 N–H and O–H groups in total. The monoisotopic (exact) mass is 258 g/mol. The molecule has 16 heavy (non-hydrogen) atoms. The molecule has 0 bridgehead atoms. The van der Waals surface area contributed by atoms with Crippen LogP contribution < -0.4 is 4.74 Å². The Hall–Kier alpha value is -1.37. The van der Waals surface area contributed by atoms with Crippen LogP contribution in [0.2, 0.25) is 10.0 Å². The number of methoxy groups -OCH3 is 1. The van der Waals surface area contributed by atoms with E-state index in [0.717, 1.165) is 0 Å². The van der Waals surface area contributed by atoms with E-state index in [-0.39, 0.29) is 22.9 Å². The highest BCUT2D eigenvalue weighted by Gasteiger charge is 2.17. The summed E-state index contributed by atoms with van der Waals surface area (Å²) in [5, 5.41) is 0.529. The third-order valence-corrected chi connectivity index (χ3v) is 2.21. The zero-order valence-electron chi connectivity index (χ0n) is 8.42. The van der Waals surface area contributed by atoms with Crippen molar-refractivity contribution in [1.29, 1.82) is 0 Å². The van der Waals surface area contributed by atoms with Crippen LogP contribution in [0.1, 0.15) is 10.4 Å². The Kier molecular flexibility index (Phi) is 4.48. The Bertz CT molecular complexity index is 449. The smallest absolute Gasteiger partial charge is 0.341 e. The minimum Gasteiger partial charge on any atom is -0.478 e. The van der Waals surface area contributed by atoms with Crippen LogP contribution in [-0.4, -0.2) is 19.7 Å². The van der Waals surface area contributed by atoms with Crippen molar-refractivity contribution >= 4 is 29.2 Å². The number of carbonyl (C=O) groups is 1. The number of rotatable bonds is 3. The summed E-state index contributed by atoms with van der Waals surface area (Å²) in [7, 11) is 1.25. The molecule has 3 nitrogen and oxygen atoms in total. The molecule has 5 heteroatoms. The van der Waals surface area contributed by atoms with E-state index in [4.69, 9.17) is 34.4 Å². The van der Waals surface area contributed by atoms with Gasteiger partial charge in [-0.3, -0.25) is 0 Å². The second-order valence-corrected chi connectivity index (χ2v) is 3.59. The molecular formula is C11H8Cl2O3. The molecule has 0 fully saturated rings. The highest BCUT2D eigenvalue weighted by atomic mass is 35.5. The molecule has 0 heterocycles. The third kappa shape index (κ3) is 2.82. The van der Waals surface area contributed by atoms with Gasteiger partial charge in [0, 0.05) is 5.02 Å². The number of terminal acetylenes is 1. The minimum atomic E-state index is -0.587. The van der Waals surface area contributed by atoms with Crippen molar-refractivity contribution in [3.63, 3.8) is 0 Å². The molecule has 0 radical (unpaired) electrons. The highest BCUT2D eigenvalue weighted by molar-refractivity contribution is 6.36. The van der Waals surface area contributed by atoms with Gasteiger partial charge < -0.3 is 9.47 Å². The second kappa shape index (κ2) is 5.64. The molecule has 0 unspecified atom stereocenters. The molecule has 0 aliphatic heterocycles. The van der Waals surface area contributed by atoms with Crippen molar-refractivity contribution in [2.24, 2.45) is 0 Å². The molecule has 84 valence electrons. The quantitative estimate of drug-likeness (QED) is 0.618. The van der Waals surface area contributed by atoms with Crippen molar-refractivity contribution in [3.8, 4) is 18.1 Å². The van der Waals surface area contributed by atoms with Crippen LogP contribution >= 0.6 is 23.2 Å². The minimum absolute atomic E-state index is 0.00530. The van der Waals surface area contributed by atoms with Gasteiger partial charge in [0.2, 0.25) is 0 Å². The normalized spacial score (nSPS) is 9.38. The van der Waals surface area contributed by atoms with Gasteiger partial charge in [-0.25, -0.2) is 4.79 Å². The van der Waals surface area contributed by atoms with Crippen molar-refractivity contribution in [2.45, 2.75) is 0 Å². The first-order valence-electron chi connectivity index (χ1n) is 4.23. The molecule has 0 saturated heterocycles. The van der Waals surface area contributed by atoms with Gasteiger partial charge in [0.05, 0.1) is 12.1 Å². The molecule has 0 aliphatic rings. The van der Waals surface area contributed by atoms with E-state index in [1.807, 2.05) is 0 Å². The summed E-state index contributed by atoms with van der Waals surface area (Å²) >= 11 is 11.7. The molecule has 0 spiro atoms. The first-order valence-corrected chi connectivity index (χ1v) is 4.99. The van der Waals surface area contributed by atoms with Crippen LogP contribution in [0.5, 0.6) is 5.75 Å². The summed E-state index contributed by atoms with van der Waals surface area (Å²) in [5.41, 5.74) is 0.148. The molecule has 0 saturated carbocycles. The fourth-order valence-corrected chi connectivity index (χ4v) is 1.63. The summed E-state index contributed by atoms with van der Waals surface area (Å²) in [5.74, 6) is 1.87. The first-order chi connectivity index (χ1) is 7.60. The summed E-state index contributed by atoms with van der Waals surface area (Å²) in [4.78, 5) is 11.4. The molecule has 1 aromatic rings. The lowest BCUT2D eigenvalue weighted by Crippen LogP contribution is -2.06. The number of halogens is 2. The topological polar surface area (TPSA) is 35.5 Å². The number of ether oxygens (including phenoxy) is 2. The number of esters is 1. The Morgan fingerprint density at radius 1 is 1.50 bits per heavy atom. The summed E-state index contributed by atoms with van der Waals surface area (Å²) in [6, 6.07) is 2.87. The van der Waals surface area contributed by atoms with E-state index in [2.05, 4.69) is 10.7 Å². The molecular weight excluding hydrogens is 251 g/mol. The van der Waals surface area contributed by atoms with Gasteiger partial charge in [-0.15, -0.1) is 6.42 Å². The maximum atomic E-state index is 11.4. The number of carbonyl (C=O) groups excluding carboxylic acids is 1. The van der Waals surface area contributed by atoms with Gasteiger partial charge in [0.15, 0.2) is 5.75 Å². The Balaban J connectivity index is 3.22. The lowest BCUT2D eigenvalue weighted by Gasteiger charge is -2.10. The maximum absolute atomic E-state index is 11.4. The lowest BCUT2D eigenvalue weighted by molar-refractivity contribution is 0.0596. The molecule has 0 aliphatic carbocycles. The Morgan fingerprint density at radius 3 is 2.75 bits per heavy atom. The fraction of sp³-hybridized carbons (Fsp3) is 0.182. The van der Waals surface area contributed by atoms with E-state index >= 15 is 0 Å². The van der Waals surface area contributed by atoms with E-state index in [1.165, 1.54) is 19.2 Å². The summed E-state index contributed by atoms with van der Waals surface area (Å²) in [6.07, 6.45) is 5.05.